The van der Waals surface area contributed by atoms with Gasteiger partial charge in [-0.3, -0.25) is 9.59 Å². The first-order chi connectivity index (χ1) is 22.6. The predicted molar refractivity (Wildman–Crippen MR) is 185 cm³/mol. The van der Waals surface area contributed by atoms with Gasteiger partial charge in [0.15, 0.2) is 0 Å². The molecule has 2 atom stereocenters. The molecule has 2 amide bonds. The van der Waals surface area contributed by atoms with Gasteiger partial charge in [0.25, 0.3) is 0 Å². The van der Waals surface area contributed by atoms with Crippen LogP contribution in [0.2, 0.25) is 0 Å². The molecule has 2 aliphatic rings. The lowest BCUT2D eigenvalue weighted by Gasteiger charge is -2.20. The largest absolute Gasteiger partial charge is 0.325 e. The average Bonchev–Trinajstić information content (AvgIpc) is 4.05. The van der Waals surface area contributed by atoms with Gasteiger partial charge in [-0.1, -0.05) is 146 Å². The number of nitrogens with one attached hydrogen (secondary N) is 2. The Bertz CT molecular complexity index is 1810. The van der Waals surface area contributed by atoms with E-state index in [2.05, 4.69) is 59.2 Å². The lowest BCUT2D eigenvalue weighted by Crippen LogP contribution is -2.23. The summed E-state index contributed by atoms with van der Waals surface area (Å²) in [5.74, 6) is -0.366. The van der Waals surface area contributed by atoms with E-state index >= 15 is 0 Å². The van der Waals surface area contributed by atoms with Crippen LogP contribution in [0.4, 0.5) is 11.4 Å². The Kier molecular flexibility index (Phi) is 6.79. The SMILES string of the molecule is O=C(Nc1cccc2c(NC(=O)[C@@H]3CC3(c3ccccc3)c3ccccc3)cccc12)[C@@H]1CC1(c1ccccc1)c1ccccc1. The van der Waals surface area contributed by atoms with Crippen LogP contribution in [0, 0.1) is 11.8 Å². The maximum Gasteiger partial charge on any atom is 0.228 e. The molecule has 0 bridgehead atoms. The molecule has 0 radical (unpaired) electrons. The molecule has 4 heteroatoms. The maximum atomic E-state index is 13.9. The van der Waals surface area contributed by atoms with Crippen LogP contribution in [-0.2, 0) is 20.4 Å². The summed E-state index contributed by atoms with van der Waals surface area (Å²) in [5.41, 5.74) is 5.44. The van der Waals surface area contributed by atoms with E-state index in [0.717, 1.165) is 57.2 Å². The highest BCUT2D eigenvalue weighted by Crippen LogP contribution is 2.60. The molecule has 2 fully saturated rings. The van der Waals surface area contributed by atoms with E-state index in [1.807, 2.05) is 109 Å². The number of anilines is 2. The topological polar surface area (TPSA) is 58.2 Å². The molecule has 0 unspecified atom stereocenters. The molecule has 0 heterocycles. The number of hydrogen-bond acceptors (Lipinski definition) is 2. The van der Waals surface area contributed by atoms with Crippen LogP contribution in [-0.4, -0.2) is 11.8 Å². The van der Waals surface area contributed by atoms with Gasteiger partial charge in [0, 0.05) is 33.0 Å². The lowest BCUT2D eigenvalue weighted by molar-refractivity contribution is -0.118. The Morgan fingerprint density at radius 3 is 1.02 bits per heavy atom. The van der Waals surface area contributed by atoms with E-state index in [9.17, 15) is 9.59 Å². The van der Waals surface area contributed by atoms with Crippen molar-refractivity contribution in [3.05, 3.63) is 180 Å². The van der Waals surface area contributed by atoms with Gasteiger partial charge in [-0.2, -0.15) is 0 Å². The number of benzene rings is 6. The first-order valence-electron chi connectivity index (χ1n) is 16.0. The lowest BCUT2D eigenvalue weighted by atomic mass is 9.85. The van der Waals surface area contributed by atoms with Crippen molar-refractivity contribution >= 4 is 34.0 Å². The Balaban J connectivity index is 1.06. The monoisotopic (exact) mass is 598 g/mol. The third-order valence-corrected chi connectivity index (χ3v) is 10.1. The summed E-state index contributed by atoms with van der Waals surface area (Å²) in [4.78, 5) is 27.8. The second-order valence-corrected chi connectivity index (χ2v) is 12.6. The molecule has 0 saturated heterocycles. The number of rotatable bonds is 8. The molecule has 0 aromatic heterocycles. The van der Waals surface area contributed by atoms with E-state index < -0.39 is 0 Å². The van der Waals surface area contributed by atoms with Gasteiger partial charge in [-0.25, -0.2) is 0 Å². The molecular weight excluding hydrogens is 564 g/mol. The zero-order valence-electron chi connectivity index (χ0n) is 25.4. The summed E-state index contributed by atoms with van der Waals surface area (Å²) < 4.78 is 0. The van der Waals surface area contributed by atoms with E-state index in [4.69, 9.17) is 0 Å². The van der Waals surface area contributed by atoms with Gasteiger partial charge in [0.2, 0.25) is 11.8 Å². The molecule has 224 valence electrons. The minimum atomic E-state index is -0.343. The Morgan fingerprint density at radius 1 is 0.413 bits per heavy atom. The Hall–Kier alpha value is -5.48. The van der Waals surface area contributed by atoms with Crippen LogP contribution in [0.15, 0.2) is 158 Å². The molecular formula is C42H34N2O2. The van der Waals surface area contributed by atoms with Gasteiger partial charge in [0.05, 0.1) is 11.8 Å². The van der Waals surface area contributed by atoms with E-state index in [1.165, 1.54) is 0 Å². The van der Waals surface area contributed by atoms with Crippen molar-refractivity contribution in [3.8, 4) is 0 Å². The Labute approximate surface area is 269 Å². The van der Waals surface area contributed by atoms with Gasteiger partial charge in [-0.05, 0) is 47.2 Å². The van der Waals surface area contributed by atoms with Crippen molar-refractivity contribution in [2.24, 2.45) is 11.8 Å². The van der Waals surface area contributed by atoms with Gasteiger partial charge in [-0.15, -0.1) is 0 Å². The quantitative estimate of drug-likeness (QED) is 0.184. The van der Waals surface area contributed by atoms with E-state index in [0.29, 0.717) is 0 Å². The van der Waals surface area contributed by atoms with Crippen LogP contribution in [0.25, 0.3) is 10.8 Å². The van der Waals surface area contributed by atoms with E-state index in [-0.39, 0.29) is 34.5 Å². The highest BCUT2D eigenvalue weighted by atomic mass is 16.2. The molecule has 0 aliphatic heterocycles. The molecule has 6 aromatic carbocycles. The minimum absolute atomic E-state index is 0.00290. The first-order valence-corrected chi connectivity index (χ1v) is 16.0. The molecule has 8 rings (SSSR count). The fourth-order valence-electron chi connectivity index (χ4n) is 7.68. The third kappa shape index (κ3) is 4.60. The number of carbonyl (C=O) groups excluding carboxylic acids is 2. The van der Waals surface area contributed by atoms with Crippen molar-refractivity contribution in [1.29, 1.82) is 0 Å². The number of hydrogen-bond donors (Lipinski definition) is 2. The van der Waals surface area contributed by atoms with E-state index in [1.54, 1.807) is 0 Å². The zero-order valence-corrected chi connectivity index (χ0v) is 25.4. The molecule has 46 heavy (non-hydrogen) atoms. The number of amides is 2. The number of fused-ring (bicyclic) bond motifs is 1. The smallest absolute Gasteiger partial charge is 0.228 e. The highest BCUT2D eigenvalue weighted by molar-refractivity contribution is 6.10. The fourth-order valence-corrected chi connectivity index (χ4v) is 7.68. The first kappa shape index (κ1) is 28.0. The summed E-state index contributed by atoms with van der Waals surface area (Å²) in [5, 5.41) is 8.31. The maximum absolute atomic E-state index is 13.9. The highest BCUT2D eigenvalue weighted by Gasteiger charge is 2.61. The molecule has 4 nitrogen and oxygen atoms in total. The van der Waals surface area contributed by atoms with Crippen molar-refractivity contribution in [1.82, 2.24) is 0 Å². The van der Waals surface area contributed by atoms with Crippen LogP contribution < -0.4 is 10.6 Å². The van der Waals surface area contributed by atoms with Gasteiger partial charge in [0.1, 0.15) is 0 Å². The molecule has 6 aromatic rings. The summed E-state index contributed by atoms with van der Waals surface area (Å²) in [6, 6.07) is 53.1. The standard InChI is InChI=1S/C42H34N2O2/c45-39(35-27-41(35,29-15-5-1-6-16-29)30-17-7-2-8-18-30)43-37-25-13-24-34-33(37)23-14-26-38(34)44-40(46)36-28-42(36,31-19-9-3-10-20-31)32-21-11-4-12-22-32/h1-26,35-36H,27-28H2,(H,43,45)(H,44,46)/t35-,36-/m0/s1. The van der Waals surface area contributed by atoms with Gasteiger partial charge >= 0.3 is 0 Å². The minimum Gasteiger partial charge on any atom is -0.325 e. The fraction of sp³-hybridized carbons (Fsp3) is 0.143. The van der Waals surface area contributed by atoms with Crippen LogP contribution in [0.5, 0.6) is 0 Å². The average molecular weight is 599 g/mol. The summed E-state index contributed by atoms with van der Waals surface area (Å²) >= 11 is 0. The van der Waals surface area contributed by atoms with Crippen molar-refractivity contribution in [2.45, 2.75) is 23.7 Å². The molecule has 2 saturated carbocycles. The molecule has 2 N–H and O–H groups in total. The molecule has 0 spiro atoms. The zero-order chi connectivity index (χ0) is 31.1. The second kappa shape index (κ2) is 11.1. The van der Waals surface area contributed by atoms with Crippen LogP contribution in [0.3, 0.4) is 0 Å². The van der Waals surface area contributed by atoms with Crippen LogP contribution in [0.1, 0.15) is 35.1 Å². The van der Waals surface area contributed by atoms with Crippen molar-refractivity contribution in [2.75, 3.05) is 10.6 Å². The predicted octanol–water partition coefficient (Wildman–Crippen LogP) is 8.73. The summed E-state index contributed by atoms with van der Waals surface area (Å²) in [7, 11) is 0. The summed E-state index contributed by atoms with van der Waals surface area (Å²) in [6.45, 7) is 0. The van der Waals surface area contributed by atoms with Crippen molar-refractivity contribution < 1.29 is 9.59 Å². The third-order valence-electron chi connectivity index (χ3n) is 10.1. The van der Waals surface area contributed by atoms with Gasteiger partial charge < -0.3 is 10.6 Å². The second-order valence-electron chi connectivity index (χ2n) is 12.6. The van der Waals surface area contributed by atoms with Crippen LogP contribution >= 0.6 is 0 Å². The summed E-state index contributed by atoms with van der Waals surface area (Å²) in [6.07, 6.45) is 1.51. The Morgan fingerprint density at radius 2 is 0.717 bits per heavy atom. The normalized spacial score (nSPS) is 18.8. The van der Waals surface area contributed by atoms with Crippen molar-refractivity contribution in [3.63, 3.8) is 0 Å². The molecule has 2 aliphatic carbocycles. The number of carbonyl (C=O) groups is 2.